The van der Waals surface area contributed by atoms with Gasteiger partial charge in [-0.15, -0.1) is 0 Å². The molecular weight excluding hydrogens is 318 g/mol. The third-order valence-corrected chi connectivity index (χ3v) is 4.42. The van der Waals surface area contributed by atoms with E-state index in [1.165, 1.54) is 0 Å². The molecule has 0 saturated heterocycles. The highest BCUT2D eigenvalue weighted by Crippen LogP contribution is 2.47. The molecule has 1 saturated carbocycles. The van der Waals surface area contributed by atoms with E-state index in [2.05, 4.69) is 15.6 Å². The molecule has 1 heterocycles. The van der Waals surface area contributed by atoms with Gasteiger partial charge in [0.1, 0.15) is 11.2 Å². The summed E-state index contributed by atoms with van der Waals surface area (Å²) in [6.07, 6.45) is 4.44. The Balaban J connectivity index is 1.67. The smallest absolute Gasteiger partial charge is 0.240 e. The standard InChI is InChI=1S/C19H21N3O3/c1-13-3-4-16(25-2)15(11-13)22-18(24)19(7-8-19)17(23)21-12-14-5-9-20-10-6-14/h3-6,9-11H,7-8,12H2,1-2H3,(H,21,23)(H,22,24). The topological polar surface area (TPSA) is 80.3 Å². The fourth-order valence-electron chi connectivity index (χ4n) is 2.70. The minimum atomic E-state index is -0.984. The van der Waals surface area contributed by atoms with E-state index in [0.29, 0.717) is 30.8 Å². The lowest BCUT2D eigenvalue weighted by molar-refractivity contribution is -0.134. The molecule has 1 aromatic heterocycles. The predicted molar refractivity (Wildman–Crippen MR) is 94.1 cm³/mol. The molecule has 0 bridgehead atoms. The van der Waals surface area contributed by atoms with E-state index < -0.39 is 5.41 Å². The minimum Gasteiger partial charge on any atom is -0.495 e. The van der Waals surface area contributed by atoms with E-state index in [9.17, 15) is 9.59 Å². The number of aromatic nitrogens is 1. The number of amides is 2. The number of pyridine rings is 1. The highest BCUT2D eigenvalue weighted by molar-refractivity contribution is 6.13. The van der Waals surface area contributed by atoms with Crippen molar-refractivity contribution in [2.24, 2.45) is 5.41 Å². The number of hydrogen-bond donors (Lipinski definition) is 2. The molecule has 0 atom stereocenters. The summed E-state index contributed by atoms with van der Waals surface area (Å²) in [4.78, 5) is 29.2. The van der Waals surface area contributed by atoms with Crippen LogP contribution in [0.3, 0.4) is 0 Å². The largest absolute Gasteiger partial charge is 0.495 e. The normalized spacial score (nSPS) is 14.5. The maximum absolute atomic E-state index is 12.7. The summed E-state index contributed by atoms with van der Waals surface area (Å²) in [6, 6.07) is 9.20. The lowest BCUT2D eigenvalue weighted by Crippen LogP contribution is -2.39. The van der Waals surface area contributed by atoms with Crippen molar-refractivity contribution < 1.29 is 14.3 Å². The number of carbonyl (C=O) groups is 2. The molecule has 2 N–H and O–H groups in total. The van der Waals surface area contributed by atoms with Crippen LogP contribution in [-0.2, 0) is 16.1 Å². The third-order valence-electron chi connectivity index (χ3n) is 4.42. The van der Waals surface area contributed by atoms with Crippen LogP contribution in [0.25, 0.3) is 0 Å². The Hall–Kier alpha value is -2.89. The molecule has 1 aromatic carbocycles. The molecule has 6 nitrogen and oxygen atoms in total. The van der Waals surface area contributed by atoms with Gasteiger partial charge in [-0.05, 0) is 55.2 Å². The van der Waals surface area contributed by atoms with Crippen LogP contribution in [0.15, 0.2) is 42.7 Å². The quantitative estimate of drug-likeness (QED) is 0.792. The number of ether oxygens (including phenoxy) is 1. The van der Waals surface area contributed by atoms with E-state index in [0.717, 1.165) is 11.1 Å². The van der Waals surface area contributed by atoms with Crippen LogP contribution in [0.2, 0.25) is 0 Å². The van der Waals surface area contributed by atoms with Crippen LogP contribution in [0.4, 0.5) is 5.69 Å². The van der Waals surface area contributed by atoms with Crippen molar-refractivity contribution in [3.63, 3.8) is 0 Å². The maximum atomic E-state index is 12.7. The summed E-state index contributed by atoms with van der Waals surface area (Å²) in [5.74, 6) is 0.0454. The number of nitrogens with zero attached hydrogens (tertiary/aromatic N) is 1. The number of carbonyl (C=O) groups excluding carboxylic acids is 2. The molecule has 3 rings (SSSR count). The number of benzene rings is 1. The zero-order valence-corrected chi connectivity index (χ0v) is 14.3. The number of nitrogens with one attached hydrogen (secondary N) is 2. The highest BCUT2D eigenvalue weighted by atomic mass is 16.5. The van der Waals surface area contributed by atoms with Gasteiger partial charge in [-0.2, -0.15) is 0 Å². The van der Waals surface area contributed by atoms with Crippen LogP contribution < -0.4 is 15.4 Å². The van der Waals surface area contributed by atoms with Crippen molar-refractivity contribution in [1.29, 1.82) is 0 Å². The predicted octanol–water partition coefficient (Wildman–Crippen LogP) is 2.43. The van der Waals surface area contributed by atoms with E-state index in [4.69, 9.17) is 4.74 Å². The van der Waals surface area contributed by atoms with Gasteiger partial charge in [0.05, 0.1) is 12.8 Å². The molecule has 1 fully saturated rings. The summed E-state index contributed by atoms with van der Waals surface area (Å²) in [7, 11) is 1.55. The van der Waals surface area contributed by atoms with Gasteiger partial charge in [0.15, 0.2) is 0 Å². The van der Waals surface area contributed by atoms with Gasteiger partial charge in [0.2, 0.25) is 11.8 Å². The van der Waals surface area contributed by atoms with Crippen molar-refractivity contribution in [2.75, 3.05) is 12.4 Å². The summed E-state index contributed by atoms with van der Waals surface area (Å²) in [5, 5.41) is 5.70. The molecular formula is C19H21N3O3. The van der Waals surface area contributed by atoms with E-state index in [-0.39, 0.29) is 11.8 Å². The molecule has 1 aliphatic carbocycles. The first-order valence-electron chi connectivity index (χ1n) is 8.18. The van der Waals surface area contributed by atoms with Crippen molar-refractivity contribution >= 4 is 17.5 Å². The zero-order chi connectivity index (χ0) is 17.9. The Morgan fingerprint density at radius 3 is 2.52 bits per heavy atom. The number of rotatable bonds is 6. The fourth-order valence-corrected chi connectivity index (χ4v) is 2.70. The summed E-state index contributed by atoms with van der Waals surface area (Å²) in [6.45, 7) is 2.31. The van der Waals surface area contributed by atoms with Crippen LogP contribution in [0.1, 0.15) is 24.0 Å². The minimum absolute atomic E-state index is 0.242. The molecule has 0 radical (unpaired) electrons. The first kappa shape index (κ1) is 17.0. The lowest BCUT2D eigenvalue weighted by Gasteiger charge is -2.17. The van der Waals surface area contributed by atoms with Gasteiger partial charge in [-0.1, -0.05) is 6.07 Å². The van der Waals surface area contributed by atoms with Crippen molar-refractivity contribution in [1.82, 2.24) is 10.3 Å². The Morgan fingerprint density at radius 2 is 1.88 bits per heavy atom. The van der Waals surface area contributed by atoms with Gasteiger partial charge in [0.25, 0.3) is 0 Å². The molecule has 0 aliphatic heterocycles. The number of hydrogen-bond acceptors (Lipinski definition) is 4. The van der Waals surface area contributed by atoms with Gasteiger partial charge in [0, 0.05) is 18.9 Å². The third kappa shape index (κ3) is 3.63. The van der Waals surface area contributed by atoms with Crippen molar-refractivity contribution in [2.45, 2.75) is 26.3 Å². The van der Waals surface area contributed by atoms with Gasteiger partial charge < -0.3 is 15.4 Å². The number of anilines is 1. The second-order valence-corrected chi connectivity index (χ2v) is 6.28. The molecule has 130 valence electrons. The van der Waals surface area contributed by atoms with Crippen LogP contribution >= 0.6 is 0 Å². The van der Waals surface area contributed by atoms with Gasteiger partial charge >= 0.3 is 0 Å². The van der Waals surface area contributed by atoms with Crippen LogP contribution in [0.5, 0.6) is 5.75 Å². The van der Waals surface area contributed by atoms with Gasteiger partial charge in [-0.25, -0.2) is 0 Å². The van der Waals surface area contributed by atoms with Crippen LogP contribution in [0, 0.1) is 12.3 Å². The molecule has 25 heavy (non-hydrogen) atoms. The molecule has 1 aliphatic rings. The summed E-state index contributed by atoms with van der Waals surface area (Å²) in [5.41, 5.74) is 1.55. The van der Waals surface area contributed by atoms with E-state index >= 15 is 0 Å². The first-order chi connectivity index (χ1) is 12.0. The number of aryl methyl sites for hydroxylation is 1. The van der Waals surface area contributed by atoms with E-state index in [1.807, 2.05) is 31.2 Å². The van der Waals surface area contributed by atoms with Crippen molar-refractivity contribution in [3.05, 3.63) is 53.9 Å². The average molecular weight is 339 g/mol. The summed E-state index contributed by atoms with van der Waals surface area (Å²) < 4.78 is 5.28. The van der Waals surface area contributed by atoms with Crippen LogP contribution in [-0.4, -0.2) is 23.9 Å². The second kappa shape index (κ2) is 6.93. The first-order valence-corrected chi connectivity index (χ1v) is 8.18. The Kier molecular flexibility index (Phi) is 4.70. The van der Waals surface area contributed by atoms with E-state index in [1.54, 1.807) is 25.6 Å². The second-order valence-electron chi connectivity index (χ2n) is 6.28. The molecule has 2 amide bonds. The lowest BCUT2D eigenvalue weighted by atomic mass is 10.0. The average Bonchev–Trinajstić information content (AvgIpc) is 3.43. The van der Waals surface area contributed by atoms with Crippen molar-refractivity contribution in [3.8, 4) is 5.75 Å². The van der Waals surface area contributed by atoms with Gasteiger partial charge in [-0.3, -0.25) is 14.6 Å². The fraction of sp³-hybridized carbons (Fsp3) is 0.316. The monoisotopic (exact) mass is 339 g/mol. The Labute approximate surface area is 146 Å². The molecule has 2 aromatic rings. The molecule has 0 unspecified atom stereocenters. The number of methoxy groups -OCH3 is 1. The summed E-state index contributed by atoms with van der Waals surface area (Å²) >= 11 is 0. The zero-order valence-electron chi connectivity index (χ0n) is 14.3. The molecule has 0 spiro atoms. The molecule has 6 heteroatoms. The SMILES string of the molecule is COc1ccc(C)cc1NC(=O)C1(C(=O)NCc2ccncc2)CC1. The Bertz CT molecular complexity index is 786. The maximum Gasteiger partial charge on any atom is 0.240 e. The highest BCUT2D eigenvalue weighted by Gasteiger charge is 2.56. The Morgan fingerprint density at radius 1 is 1.16 bits per heavy atom.